The summed E-state index contributed by atoms with van der Waals surface area (Å²) in [5.74, 6) is 0.0673. The maximum Gasteiger partial charge on any atom is 0.344 e. The average Bonchev–Trinajstić information content (AvgIpc) is 2.79. The van der Waals surface area contributed by atoms with Crippen LogP contribution in [-0.2, 0) is 16.1 Å². The van der Waals surface area contributed by atoms with E-state index < -0.39 is 5.97 Å². The van der Waals surface area contributed by atoms with E-state index in [1.54, 1.807) is 31.2 Å². The number of rotatable bonds is 6. The zero-order valence-electron chi connectivity index (χ0n) is 11.4. The minimum absolute atomic E-state index is 0.0485. The molecule has 0 fully saturated rings. The molecule has 7 heteroatoms. The van der Waals surface area contributed by atoms with Gasteiger partial charge in [0.2, 0.25) is 5.88 Å². The fourth-order valence-corrected chi connectivity index (χ4v) is 2.31. The molecule has 6 nitrogen and oxygen atoms in total. The molecule has 0 radical (unpaired) electrons. The predicted molar refractivity (Wildman–Crippen MR) is 77.9 cm³/mol. The van der Waals surface area contributed by atoms with Crippen LogP contribution in [0.3, 0.4) is 0 Å². The Morgan fingerprint density at radius 1 is 1.33 bits per heavy atom. The van der Waals surface area contributed by atoms with Gasteiger partial charge in [-0.2, -0.15) is 0 Å². The number of benzene rings is 1. The van der Waals surface area contributed by atoms with Crippen LogP contribution in [0.2, 0.25) is 0 Å². The first kappa shape index (κ1) is 15.1. The van der Waals surface area contributed by atoms with Crippen LogP contribution in [0.25, 0.3) is 0 Å². The fourth-order valence-electron chi connectivity index (χ4n) is 1.69. The van der Waals surface area contributed by atoms with Gasteiger partial charge in [-0.05, 0) is 24.6 Å². The van der Waals surface area contributed by atoms with Crippen LogP contribution in [0.4, 0.5) is 0 Å². The lowest BCUT2D eigenvalue weighted by atomic mass is 10.2. The summed E-state index contributed by atoms with van der Waals surface area (Å²) in [6.45, 7) is 2.19. The highest BCUT2D eigenvalue weighted by Gasteiger charge is 2.06. The van der Waals surface area contributed by atoms with Gasteiger partial charge in [-0.3, -0.25) is 9.36 Å². The van der Waals surface area contributed by atoms with Gasteiger partial charge in [-0.15, -0.1) is 0 Å². The van der Waals surface area contributed by atoms with Gasteiger partial charge >= 0.3 is 10.8 Å². The highest BCUT2D eigenvalue weighted by Crippen LogP contribution is 2.16. The van der Waals surface area contributed by atoms with Crippen molar-refractivity contribution >= 4 is 17.3 Å². The Morgan fingerprint density at radius 2 is 2.05 bits per heavy atom. The van der Waals surface area contributed by atoms with Crippen LogP contribution in [0.1, 0.15) is 12.5 Å². The van der Waals surface area contributed by atoms with E-state index in [2.05, 4.69) is 0 Å². The van der Waals surface area contributed by atoms with Gasteiger partial charge < -0.3 is 14.6 Å². The van der Waals surface area contributed by atoms with E-state index in [1.165, 1.54) is 9.95 Å². The van der Waals surface area contributed by atoms with Crippen molar-refractivity contribution in [1.29, 1.82) is 0 Å². The van der Waals surface area contributed by atoms with Gasteiger partial charge in [-0.1, -0.05) is 23.5 Å². The van der Waals surface area contributed by atoms with E-state index in [1.807, 2.05) is 0 Å². The van der Waals surface area contributed by atoms with Gasteiger partial charge in [0.05, 0.1) is 18.5 Å². The summed E-state index contributed by atoms with van der Waals surface area (Å²) in [7, 11) is 0. The minimum atomic E-state index is -0.420. The van der Waals surface area contributed by atoms with Crippen LogP contribution < -0.4 is 9.61 Å². The Labute approximate surface area is 125 Å². The Kier molecular flexibility index (Phi) is 4.99. The second-order valence-electron chi connectivity index (χ2n) is 4.18. The van der Waals surface area contributed by atoms with Crippen molar-refractivity contribution in [2.24, 2.45) is 0 Å². The molecular weight excluding hydrogens is 294 g/mol. The SMILES string of the molecule is CCOC(=O)COc1ccc(Cn2c(O)csc2=O)cc1. The van der Waals surface area contributed by atoms with Crippen LogP contribution in [0.15, 0.2) is 34.4 Å². The smallest absolute Gasteiger partial charge is 0.344 e. The van der Waals surface area contributed by atoms with Crippen LogP contribution in [-0.4, -0.2) is 28.9 Å². The molecule has 112 valence electrons. The third-order valence-corrected chi connectivity index (χ3v) is 3.44. The highest BCUT2D eigenvalue weighted by molar-refractivity contribution is 7.07. The maximum absolute atomic E-state index is 11.5. The van der Waals surface area contributed by atoms with Crippen LogP contribution >= 0.6 is 11.3 Å². The molecule has 0 bridgehead atoms. The number of carbonyl (C=O) groups excluding carboxylic acids is 1. The van der Waals surface area contributed by atoms with Crippen molar-refractivity contribution in [2.75, 3.05) is 13.2 Å². The molecule has 21 heavy (non-hydrogen) atoms. The molecule has 0 saturated carbocycles. The zero-order valence-corrected chi connectivity index (χ0v) is 12.3. The Hall–Kier alpha value is -2.28. The van der Waals surface area contributed by atoms with E-state index >= 15 is 0 Å². The number of carbonyl (C=O) groups is 1. The van der Waals surface area contributed by atoms with Gasteiger partial charge in [0.25, 0.3) is 0 Å². The minimum Gasteiger partial charge on any atom is -0.494 e. The second-order valence-corrected chi connectivity index (χ2v) is 5.00. The Balaban J connectivity index is 1.96. The number of ether oxygens (including phenoxy) is 2. The molecule has 0 aliphatic heterocycles. The van der Waals surface area contributed by atoms with Crippen LogP contribution in [0, 0.1) is 0 Å². The van der Waals surface area contributed by atoms with E-state index in [0.29, 0.717) is 12.4 Å². The van der Waals surface area contributed by atoms with Gasteiger partial charge in [0.15, 0.2) is 6.61 Å². The molecule has 2 rings (SSSR count). The van der Waals surface area contributed by atoms with Crippen LogP contribution in [0.5, 0.6) is 11.6 Å². The van der Waals surface area contributed by atoms with Crippen molar-refractivity contribution < 1.29 is 19.4 Å². The summed E-state index contributed by atoms with van der Waals surface area (Å²) in [5, 5.41) is 10.9. The number of esters is 1. The quantitative estimate of drug-likeness (QED) is 0.820. The molecule has 0 amide bonds. The van der Waals surface area contributed by atoms with Gasteiger partial charge in [0, 0.05) is 0 Å². The molecule has 0 atom stereocenters. The van der Waals surface area contributed by atoms with Crippen molar-refractivity contribution in [2.45, 2.75) is 13.5 Å². The fraction of sp³-hybridized carbons (Fsp3) is 0.286. The monoisotopic (exact) mass is 309 g/mol. The first-order valence-electron chi connectivity index (χ1n) is 6.34. The summed E-state index contributed by atoms with van der Waals surface area (Å²) in [6.07, 6.45) is 0. The van der Waals surface area contributed by atoms with E-state index in [0.717, 1.165) is 16.9 Å². The third kappa shape index (κ3) is 4.09. The maximum atomic E-state index is 11.5. The molecule has 2 aromatic rings. The van der Waals surface area contributed by atoms with Gasteiger partial charge in [0.1, 0.15) is 5.75 Å². The molecule has 0 spiro atoms. The van der Waals surface area contributed by atoms with Crippen molar-refractivity contribution in [3.8, 4) is 11.6 Å². The number of aromatic nitrogens is 1. The molecule has 0 saturated heterocycles. The number of hydrogen-bond acceptors (Lipinski definition) is 6. The molecule has 1 heterocycles. The van der Waals surface area contributed by atoms with E-state index in [-0.39, 0.29) is 23.9 Å². The number of nitrogens with zero attached hydrogens (tertiary/aromatic N) is 1. The summed E-state index contributed by atoms with van der Waals surface area (Å²) < 4.78 is 11.3. The van der Waals surface area contributed by atoms with E-state index in [4.69, 9.17) is 9.47 Å². The number of hydrogen-bond donors (Lipinski definition) is 1. The molecule has 1 N–H and O–H groups in total. The van der Waals surface area contributed by atoms with Crippen molar-refractivity contribution in [1.82, 2.24) is 4.57 Å². The number of aromatic hydroxyl groups is 1. The first-order valence-corrected chi connectivity index (χ1v) is 7.22. The summed E-state index contributed by atoms with van der Waals surface area (Å²) >= 11 is 0.951. The summed E-state index contributed by atoms with van der Waals surface area (Å²) in [5.41, 5.74) is 0.842. The number of thiazole rings is 1. The first-order chi connectivity index (χ1) is 10.1. The topological polar surface area (TPSA) is 77.8 Å². The highest BCUT2D eigenvalue weighted by atomic mass is 32.1. The average molecular weight is 309 g/mol. The lowest BCUT2D eigenvalue weighted by Gasteiger charge is -2.07. The van der Waals surface area contributed by atoms with E-state index in [9.17, 15) is 14.7 Å². The summed E-state index contributed by atoms with van der Waals surface area (Å²) in [6, 6.07) is 6.93. The Bertz CT molecular complexity index is 659. The van der Waals surface area contributed by atoms with Crippen molar-refractivity contribution in [3.63, 3.8) is 0 Å². The molecule has 0 aliphatic carbocycles. The van der Waals surface area contributed by atoms with Gasteiger partial charge in [-0.25, -0.2) is 4.79 Å². The normalized spacial score (nSPS) is 10.3. The molecule has 0 aliphatic rings. The third-order valence-electron chi connectivity index (χ3n) is 2.69. The lowest BCUT2D eigenvalue weighted by Crippen LogP contribution is -2.15. The second kappa shape index (κ2) is 6.94. The molecule has 1 aromatic heterocycles. The van der Waals surface area contributed by atoms with Crippen molar-refractivity contribution in [3.05, 3.63) is 44.9 Å². The molecular formula is C14H15NO5S. The predicted octanol–water partition coefficient (Wildman–Crippen LogP) is 1.61. The molecule has 0 unspecified atom stereocenters. The lowest BCUT2D eigenvalue weighted by molar-refractivity contribution is -0.145. The standard InChI is InChI=1S/C14H15NO5S/c1-2-19-13(17)8-20-11-5-3-10(4-6-11)7-15-12(16)9-21-14(15)18/h3-6,9,16H,2,7-8H2,1H3. The zero-order chi connectivity index (χ0) is 15.2. The summed E-state index contributed by atoms with van der Waals surface area (Å²) in [4.78, 5) is 22.4. The largest absolute Gasteiger partial charge is 0.494 e. The Morgan fingerprint density at radius 3 is 2.62 bits per heavy atom. The molecule has 1 aromatic carbocycles.